The number of aryl methyl sites for hydroxylation is 2. The lowest BCUT2D eigenvalue weighted by Crippen LogP contribution is -2.43. The highest BCUT2D eigenvalue weighted by Gasteiger charge is 2.23. The molecule has 1 heterocycles. The van der Waals surface area contributed by atoms with E-state index in [0.717, 1.165) is 43.7 Å². The van der Waals surface area contributed by atoms with Gasteiger partial charge in [-0.15, -0.1) is 12.4 Å². The van der Waals surface area contributed by atoms with Crippen LogP contribution in [0.5, 0.6) is 5.75 Å². The van der Waals surface area contributed by atoms with Gasteiger partial charge >= 0.3 is 0 Å². The van der Waals surface area contributed by atoms with Crippen LogP contribution in [0, 0.1) is 13.8 Å². The minimum atomic E-state index is 0. The fourth-order valence-electron chi connectivity index (χ4n) is 2.80. The van der Waals surface area contributed by atoms with Crippen LogP contribution < -0.4 is 10.5 Å². The van der Waals surface area contributed by atoms with Crippen LogP contribution in [0.1, 0.15) is 30.4 Å². The van der Waals surface area contributed by atoms with Crippen molar-refractivity contribution in [3.8, 4) is 5.75 Å². The average Bonchev–Trinajstić information content (AvgIpc) is 2.55. The predicted octanol–water partition coefficient (Wildman–Crippen LogP) is 2.46. The monoisotopic (exact) mass is 356 g/mol. The number of nitrogens with two attached hydrogens (primary N) is 1. The summed E-state index contributed by atoms with van der Waals surface area (Å²) in [7, 11) is 0. The number of piperidine rings is 1. The molecule has 1 aromatic rings. The Morgan fingerprint density at radius 2 is 2.00 bits per heavy atom. The molecule has 0 bridgehead atoms. The second-order valence-corrected chi connectivity index (χ2v) is 6.15. The van der Waals surface area contributed by atoms with Crippen LogP contribution in [-0.4, -0.2) is 49.8 Å². The molecule has 1 aromatic carbocycles. The molecule has 0 unspecified atom stereocenters. The summed E-state index contributed by atoms with van der Waals surface area (Å²) in [4.78, 5) is 14.1. The normalized spacial score (nSPS) is 15.0. The van der Waals surface area contributed by atoms with Crippen LogP contribution in [0.4, 0.5) is 0 Å². The lowest BCUT2D eigenvalue weighted by Gasteiger charge is -2.32. The Bertz CT molecular complexity index is 517. The van der Waals surface area contributed by atoms with Crippen molar-refractivity contribution in [1.82, 2.24) is 4.90 Å². The number of hydrogen-bond acceptors (Lipinski definition) is 4. The SMILES string of the molecule is Cc1ccc(OCC(=O)N2CCC(OCCCN)CC2)c(C)c1.Cl. The maximum Gasteiger partial charge on any atom is 0.260 e. The number of hydrogen-bond donors (Lipinski definition) is 1. The smallest absolute Gasteiger partial charge is 0.260 e. The van der Waals surface area contributed by atoms with Crippen molar-refractivity contribution < 1.29 is 14.3 Å². The van der Waals surface area contributed by atoms with E-state index < -0.39 is 0 Å². The second-order valence-electron chi connectivity index (χ2n) is 6.15. The van der Waals surface area contributed by atoms with Gasteiger partial charge < -0.3 is 20.1 Å². The van der Waals surface area contributed by atoms with Gasteiger partial charge in [0.15, 0.2) is 6.61 Å². The molecule has 1 aliphatic rings. The standard InChI is InChI=1S/C18H28N2O3.ClH/c1-14-4-5-17(15(2)12-14)23-13-18(21)20-9-6-16(7-10-20)22-11-3-8-19;/h4-5,12,16H,3,6-11,13,19H2,1-2H3;1H. The van der Waals surface area contributed by atoms with Crippen molar-refractivity contribution in [2.45, 2.75) is 39.2 Å². The molecule has 0 saturated carbocycles. The van der Waals surface area contributed by atoms with E-state index in [9.17, 15) is 4.79 Å². The first-order valence-corrected chi connectivity index (χ1v) is 8.39. The number of carbonyl (C=O) groups excluding carboxylic acids is 1. The third-order valence-electron chi connectivity index (χ3n) is 4.18. The highest BCUT2D eigenvalue weighted by atomic mass is 35.5. The zero-order valence-electron chi connectivity index (χ0n) is 14.6. The molecule has 1 saturated heterocycles. The van der Waals surface area contributed by atoms with Gasteiger partial charge in [-0.1, -0.05) is 17.7 Å². The first kappa shape index (κ1) is 20.7. The lowest BCUT2D eigenvalue weighted by atomic mass is 10.1. The Hall–Kier alpha value is -1.30. The molecule has 136 valence electrons. The average molecular weight is 357 g/mol. The van der Waals surface area contributed by atoms with Gasteiger partial charge in [-0.05, 0) is 51.3 Å². The predicted molar refractivity (Wildman–Crippen MR) is 97.9 cm³/mol. The molecule has 1 fully saturated rings. The van der Waals surface area contributed by atoms with Gasteiger partial charge in [-0.25, -0.2) is 0 Å². The number of amides is 1. The number of ether oxygens (including phenoxy) is 2. The van der Waals surface area contributed by atoms with Crippen LogP contribution >= 0.6 is 12.4 Å². The lowest BCUT2D eigenvalue weighted by molar-refractivity contribution is -0.136. The molecule has 1 amide bonds. The number of likely N-dealkylation sites (tertiary alicyclic amines) is 1. The topological polar surface area (TPSA) is 64.8 Å². The Kier molecular flexibility index (Phi) is 9.11. The van der Waals surface area contributed by atoms with Gasteiger partial charge in [0.25, 0.3) is 5.91 Å². The Morgan fingerprint density at radius 1 is 1.29 bits per heavy atom. The van der Waals surface area contributed by atoms with Crippen molar-refractivity contribution in [1.29, 1.82) is 0 Å². The molecule has 5 nitrogen and oxygen atoms in total. The van der Waals surface area contributed by atoms with Crippen molar-refractivity contribution in [3.63, 3.8) is 0 Å². The summed E-state index contributed by atoms with van der Waals surface area (Å²) in [5.41, 5.74) is 7.71. The molecule has 0 atom stereocenters. The van der Waals surface area contributed by atoms with E-state index in [-0.39, 0.29) is 31.0 Å². The molecular weight excluding hydrogens is 328 g/mol. The summed E-state index contributed by atoms with van der Waals surface area (Å²) in [6.45, 7) is 6.99. The fourth-order valence-corrected chi connectivity index (χ4v) is 2.80. The van der Waals surface area contributed by atoms with Crippen LogP contribution in [0.2, 0.25) is 0 Å². The summed E-state index contributed by atoms with van der Waals surface area (Å²) < 4.78 is 11.4. The van der Waals surface area contributed by atoms with E-state index >= 15 is 0 Å². The minimum absolute atomic E-state index is 0. The van der Waals surface area contributed by atoms with E-state index in [0.29, 0.717) is 13.2 Å². The summed E-state index contributed by atoms with van der Waals surface area (Å²) in [5, 5.41) is 0. The third-order valence-corrected chi connectivity index (χ3v) is 4.18. The Balaban J connectivity index is 0.00000288. The number of benzene rings is 1. The summed E-state index contributed by atoms with van der Waals surface area (Å²) >= 11 is 0. The van der Waals surface area contributed by atoms with Crippen LogP contribution in [-0.2, 0) is 9.53 Å². The number of rotatable bonds is 7. The second kappa shape index (κ2) is 10.5. The van der Waals surface area contributed by atoms with E-state index in [1.54, 1.807) is 0 Å². The van der Waals surface area contributed by atoms with E-state index in [2.05, 4.69) is 6.07 Å². The van der Waals surface area contributed by atoms with Crippen molar-refractivity contribution in [2.24, 2.45) is 5.73 Å². The number of halogens is 1. The maximum atomic E-state index is 12.3. The van der Waals surface area contributed by atoms with Crippen LogP contribution in [0.3, 0.4) is 0 Å². The number of nitrogens with zero attached hydrogens (tertiary/aromatic N) is 1. The molecule has 2 rings (SSSR count). The molecule has 0 spiro atoms. The fraction of sp³-hybridized carbons (Fsp3) is 0.611. The van der Waals surface area contributed by atoms with Crippen molar-refractivity contribution in [3.05, 3.63) is 29.3 Å². The largest absolute Gasteiger partial charge is 0.484 e. The van der Waals surface area contributed by atoms with Gasteiger partial charge in [0.1, 0.15) is 5.75 Å². The van der Waals surface area contributed by atoms with Gasteiger partial charge in [-0.2, -0.15) is 0 Å². The molecule has 1 aliphatic heterocycles. The molecular formula is C18H29ClN2O3. The van der Waals surface area contributed by atoms with Crippen molar-refractivity contribution in [2.75, 3.05) is 32.8 Å². The maximum absolute atomic E-state index is 12.3. The van der Waals surface area contributed by atoms with Gasteiger partial charge in [0.05, 0.1) is 6.10 Å². The van der Waals surface area contributed by atoms with Crippen LogP contribution in [0.25, 0.3) is 0 Å². The third kappa shape index (κ3) is 6.30. The molecule has 0 aliphatic carbocycles. The summed E-state index contributed by atoms with van der Waals surface area (Å²) in [5.74, 6) is 0.828. The zero-order valence-corrected chi connectivity index (χ0v) is 15.4. The summed E-state index contributed by atoms with van der Waals surface area (Å²) in [6.07, 6.45) is 2.92. The zero-order chi connectivity index (χ0) is 16.7. The van der Waals surface area contributed by atoms with Gasteiger partial charge in [0.2, 0.25) is 0 Å². The Morgan fingerprint density at radius 3 is 2.62 bits per heavy atom. The number of carbonyl (C=O) groups is 1. The van der Waals surface area contributed by atoms with Gasteiger partial charge in [-0.3, -0.25) is 4.79 Å². The first-order chi connectivity index (χ1) is 11.1. The highest BCUT2D eigenvalue weighted by molar-refractivity contribution is 5.85. The Labute approximate surface area is 150 Å². The van der Waals surface area contributed by atoms with Crippen LogP contribution in [0.15, 0.2) is 18.2 Å². The minimum Gasteiger partial charge on any atom is -0.484 e. The molecule has 0 aromatic heterocycles. The molecule has 0 radical (unpaired) electrons. The first-order valence-electron chi connectivity index (χ1n) is 8.39. The quantitative estimate of drug-likeness (QED) is 0.762. The molecule has 6 heteroatoms. The molecule has 2 N–H and O–H groups in total. The highest BCUT2D eigenvalue weighted by Crippen LogP contribution is 2.19. The van der Waals surface area contributed by atoms with Gasteiger partial charge in [0, 0.05) is 19.7 Å². The van der Waals surface area contributed by atoms with E-state index in [1.807, 2.05) is 30.9 Å². The van der Waals surface area contributed by atoms with E-state index in [4.69, 9.17) is 15.2 Å². The van der Waals surface area contributed by atoms with E-state index in [1.165, 1.54) is 5.56 Å². The summed E-state index contributed by atoms with van der Waals surface area (Å²) in [6, 6.07) is 5.98. The van der Waals surface area contributed by atoms with Crippen molar-refractivity contribution >= 4 is 18.3 Å². The molecule has 24 heavy (non-hydrogen) atoms.